The van der Waals surface area contributed by atoms with Gasteiger partial charge < -0.3 is 29.7 Å². The molecule has 3 aromatic rings. The molecule has 0 amide bonds. The van der Waals surface area contributed by atoms with Crippen molar-refractivity contribution in [2.45, 2.75) is 157 Å². The fourth-order valence-electron chi connectivity index (χ4n) is 15.6. The van der Waals surface area contributed by atoms with E-state index in [9.17, 15) is 0 Å². The third kappa shape index (κ3) is 19.1. The Morgan fingerprint density at radius 3 is 1.44 bits per heavy atom. The number of hydrogen-bond acceptors (Lipinski definition) is 0. The Balaban J connectivity index is 0.000000519. The number of allylic oxidation sites excluding steroid dienone is 13. The third-order valence-electron chi connectivity index (χ3n) is 19.1. The van der Waals surface area contributed by atoms with Crippen LogP contribution in [0, 0.1) is 112 Å². The number of rotatable bonds is 15. The molecule has 0 spiro atoms. The molecule has 6 heteroatoms. The second kappa shape index (κ2) is 36.7. The fourth-order valence-corrected chi connectivity index (χ4v) is 15.6. The van der Waals surface area contributed by atoms with E-state index in [0.29, 0.717) is 35.5 Å². The van der Waals surface area contributed by atoms with Crippen molar-refractivity contribution in [2.24, 2.45) is 81.8 Å². The van der Waals surface area contributed by atoms with Gasteiger partial charge in [-0.1, -0.05) is 252 Å². The van der Waals surface area contributed by atoms with Crippen LogP contribution in [-0.2, 0) is 53.5 Å². The second-order valence-electron chi connectivity index (χ2n) is 25.4. The van der Waals surface area contributed by atoms with Gasteiger partial charge in [0.2, 0.25) is 0 Å². The predicted octanol–water partition coefficient (Wildman–Crippen LogP) is 24.1. The van der Waals surface area contributed by atoms with E-state index in [1.165, 1.54) is 124 Å². The summed E-state index contributed by atoms with van der Waals surface area (Å²) in [5.74, 6) is 8.53. The van der Waals surface area contributed by atoms with Crippen LogP contribution in [0.1, 0.15) is 162 Å². The van der Waals surface area contributed by atoms with E-state index in [0.717, 1.165) is 41.9 Å². The molecular weight excluding hydrogens is 1210 g/mol. The van der Waals surface area contributed by atoms with Crippen molar-refractivity contribution in [3.63, 3.8) is 0 Å². The van der Waals surface area contributed by atoms with Gasteiger partial charge in [0.15, 0.2) is 0 Å². The molecule has 0 saturated heterocycles. The number of halogens is 4. The van der Waals surface area contributed by atoms with Crippen molar-refractivity contribution in [1.29, 1.82) is 0 Å². The Bertz CT molecular complexity index is 2270. The Morgan fingerprint density at radius 2 is 0.975 bits per heavy atom. The number of benzene rings is 3. The SMILES string of the molecule is C.C1=CC2C(CCCc3ccccc3)CC(CCC3CCCC3)C2C=C1.C=CCCCC1CCC(C(c2ccccc2)(c2ccccc2)C2C3C=C(C(C)(C)C)C=CC3C3C=CC(C(C)(C)C)=CC32)C1.[CH3-].[CH3-].[CH3-].[CH3-].[Cl][Zr+2][Cl].[Cl][Zr+2][Cl]. The summed E-state index contributed by atoms with van der Waals surface area (Å²) in [4.78, 5) is 0. The van der Waals surface area contributed by atoms with Gasteiger partial charge in [-0.2, -0.15) is 0 Å². The third-order valence-corrected chi connectivity index (χ3v) is 19.1. The topological polar surface area (TPSA) is 0 Å². The summed E-state index contributed by atoms with van der Waals surface area (Å²) in [5.41, 5.74) is 7.80. The Kier molecular flexibility index (Phi) is 34.3. The van der Waals surface area contributed by atoms with Gasteiger partial charge >= 0.3 is 75.7 Å². The van der Waals surface area contributed by atoms with Crippen molar-refractivity contribution in [3.05, 3.63) is 222 Å². The Morgan fingerprint density at radius 1 is 0.512 bits per heavy atom. The predicted molar refractivity (Wildman–Crippen MR) is 353 cm³/mol. The maximum atomic E-state index is 4.93. The minimum absolute atomic E-state index is 0. The summed E-state index contributed by atoms with van der Waals surface area (Å²) in [6, 6.07) is 34.6. The quantitative estimate of drug-likeness (QED) is 0.0808. The van der Waals surface area contributed by atoms with Crippen LogP contribution in [0.3, 0.4) is 0 Å². The van der Waals surface area contributed by atoms with Crippen LogP contribution in [-0.4, -0.2) is 0 Å². The molecule has 0 radical (unpaired) electrons. The summed E-state index contributed by atoms with van der Waals surface area (Å²) in [5, 5.41) is 0. The van der Waals surface area contributed by atoms with Crippen LogP contribution in [0.5, 0.6) is 0 Å². The normalized spacial score (nSPS) is 26.6. The monoisotopic (exact) mass is 1310 g/mol. The van der Waals surface area contributed by atoms with Gasteiger partial charge in [-0.3, -0.25) is 0 Å². The van der Waals surface area contributed by atoms with Crippen molar-refractivity contribution in [3.8, 4) is 0 Å². The molecule has 7 aliphatic carbocycles. The van der Waals surface area contributed by atoms with Gasteiger partial charge in [0.05, 0.1) is 0 Å². The molecule has 0 heterocycles. The zero-order valence-corrected chi connectivity index (χ0v) is 58.4. The molecular formula is C74H106Cl4Zr2. The molecule has 4 saturated carbocycles. The van der Waals surface area contributed by atoms with E-state index in [2.05, 4.69) is 206 Å². The zero-order valence-electron chi connectivity index (χ0n) is 50.5. The van der Waals surface area contributed by atoms with Gasteiger partial charge in [-0.15, -0.1) is 6.58 Å². The first-order valence-electron chi connectivity index (χ1n) is 29.1. The molecule has 0 N–H and O–H groups in total. The second-order valence-corrected chi connectivity index (χ2v) is 32.9. The number of unbranched alkanes of at least 4 members (excludes halogenated alkanes) is 1. The fraction of sp³-hybridized carbons (Fsp3) is 0.514. The molecule has 0 aromatic heterocycles. The van der Waals surface area contributed by atoms with Crippen LogP contribution >= 0.6 is 34.1 Å². The molecule has 0 bridgehead atoms. The summed E-state index contributed by atoms with van der Waals surface area (Å²) in [7, 11) is 19.7. The van der Waals surface area contributed by atoms with Crippen LogP contribution in [0.4, 0.5) is 0 Å². The minimum atomic E-state index is -0.826. The molecule has 3 aromatic carbocycles. The average Bonchev–Trinajstić information content (AvgIpc) is 4.26. The number of fused-ring (bicyclic) bond motifs is 4. The van der Waals surface area contributed by atoms with Crippen LogP contribution in [0.2, 0.25) is 0 Å². The maximum absolute atomic E-state index is 4.93. The molecule has 10 unspecified atom stereocenters. The molecule has 10 atom stereocenters. The molecule has 80 heavy (non-hydrogen) atoms. The number of aryl methyl sites for hydroxylation is 1. The Hall–Kier alpha value is -1.23. The van der Waals surface area contributed by atoms with Crippen molar-refractivity contribution in [1.82, 2.24) is 0 Å². The average molecular weight is 1320 g/mol. The van der Waals surface area contributed by atoms with E-state index in [4.69, 9.17) is 34.1 Å². The van der Waals surface area contributed by atoms with E-state index >= 15 is 0 Å². The van der Waals surface area contributed by atoms with E-state index in [-0.39, 0.29) is 53.4 Å². The molecule has 438 valence electrons. The number of hydrogen-bond donors (Lipinski definition) is 0. The first-order valence-corrected chi connectivity index (χ1v) is 41.8. The van der Waals surface area contributed by atoms with Crippen molar-refractivity contribution >= 4 is 34.1 Å². The standard InChI is InChI=1S/C44H56.C25H34.CH4.4CH3.4ClH.2Zr/c1-8-9-12-17-31-22-23-36(28-31)44(32-18-13-10-14-19-32,33-20-15-11-16-21-33)41-39-29-34(42(2,3)4)24-26-37(39)38-27-25-35(30-40(38)41)43(5,6)7;1-2-9-20(10-3-1)13-8-14-22-19-23(18-17-21-11-4-5-12-21)25-16-7-6-15-24(22)25;;;;;;;;;;;/h8,10-11,13-16,18-21,24-27,29-31,36-41H,1,9,12,17,22-23,28H2,2-7H3;1-3,6-7,9-10,15-16,21-25H,4-5,8,11-14,17-19H2;1H4;4*1H3;4*1H;;/q;;;4*-1;;;;;2*+4/p-4. The van der Waals surface area contributed by atoms with Gasteiger partial charge in [-0.05, 0) is 167 Å². The first-order chi connectivity index (χ1) is 36.3. The first kappa shape index (κ1) is 74.9. The summed E-state index contributed by atoms with van der Waals surface area (Å²) >= 11 is -1.65. The molecule has 7 aliphatic rings. The zero-order chi connectivity index (χ0) is 53.4. The van der Waals surface area contributed by atoms with E-state index < -0.39 is 41.7 Å². The van der Waals surface area contributed by atoms with Crippen molar-refractivity contribution < 1.29 is 41.7 Å². The van der Waals surface area contributed by atoms with Crippen LogP contribution in [0.15, 0.2) is 176 Å². The summed E-state index contributed by atoms with van der Waals surface area (Å²) in [6.45, 7) is 18.4. The van der Waals surface area contributed by atoms with Gasteiger partial charge in [0.1, 0.15) is 0 Å². The van der Waals surface area contributed by atoms with Crippen LogP contribution in [0.25, 0.3) is 0 Å². The Labute approximate surface area is 531 Å². The summed E-state index contributed by atoms with van der Waals surface area (Å²) in [6.07, 6.45) is 49.7. The molecule has 0 nitrogen and oxygen atoms in total. The van der Waals surface area contributed by atoms with Crippen molar-refractivity contribution in [2.75, 3.05) is 0 Å². The molecule has 0 aliphatic heterocycles. The molecule has 4 fully saturated rings. The molecule has 10 rings (SSSR count). The van der Waals surface area contributed by atoms with E-state index in [1.807, 2.05) is 0 Å². The van der Waals surface area contributed by atoms with Crippen LogP contribution < -0.4 is 0 Å². The van der Waals surface area contributed by atoms with Gasteiger partial charge in [-0.25, -0.2) is 0 Å². The van der Waals surface area contributed by atoms with E-state index in [1.54, 1.807) is 0 Å². The summed E-state index contributed by atoms with van der Waals surface area (Å²) < 4.78 is 0. The van der Waals surface area contributed by atoms with Gasteiger partial charge in [0, 0.05) is 5.41 Å². The van der Waals surface area contributed by atoms with Gasteiger partial charge in [0.25, 0.3) is 0 Å².